The van der Waals surface area contributed by atoms with E-state index in [0.717, 1.165) is 23.7 Å². The second-order valence-electron chi connectivity index (χ2n) is 5.68. The van der Waals surface area contributed by atoms with Gasteiger partial charge in [0.2, 0.25) is 0 Å². The molecule has 1 aromatic carbocycles. The van der Waals surface area contributed by atoms with Crippen molar-refractivity contribution >= 4 is 11.6 Å². The first-order valence-electron chi connectivity index (χ1n) is 7.91. The van der Waals surface area contributed by atoms with Crippen molar-refractivity contribution < 1.29 is 4.79 Å². The van der Waals surface area contributed by atoms with E-state index in [1.165, 1.54) is 38.5 Å². The first kappa shape index (κ1) is 14.9. The monoisotopic (exact) mass is 274 g/mol. The first-order valence-corrected chi connectivity index (χ1v) is 7.91. The summed E-state index contributed by atoms with van der Waals surface area (Å²) in [5, 5.41) is 6.34. The van der Waals surface area contributed by atoms with Crippen LogP contribution in [0.25, 0.3) is 0 Å². The zero-order chi connectivity index (χ0) is 14.2. The maximum Gasteiger partial charge on any atom is 0.251 e. The van der Waals surface area contributed by atoms with E-state index in [9.17, 15) is 4.79 Å². The molecule has 1 aliphatic carbocycles. The van der Waals surface area contributed by atoms with Gasteiger partial charge in [0.25, 0.3) is 5.91 Å². The molecule has 0 saturated heterocycles. The zero-order valence-corrected chi connectivity index (χ0v) is 12.5. The molecular formula is C17H26N2O. The smallest absolute Gasteiger partial charge is 0.251 e. The normalized spacial score (nSPS) is 16.4. The van der Waals surface area contributed by atoms with E-state index in [2.05, 4.69) is 10.6 Å². The minimum absolute atomic E-state index is 0.00520. The lowest BCUT2D eigenvalue weighted by Gasteiger charge is -2.16. The van der Waals surface area contributed by atoms with E-state index in [1.54, 1.807) is 0 Å². The third kappa shape index (κ3) is 4.55. The average Bonchev–Trinajstić information content (AvgIpc) is 2.74. The Morgan fingerprint density at radius 1 is 1.20 bits per heavy atom. The van der Waals surface area contributed by atoms with Crippen molar-refractivity contribution in [1.82, 2.24) is 5.32 Å². The number of nitrogens with one attached hydrogen (secondary N) is 2. The molecule has 3 nitrogen and oxygen atoms in total. The Bertz CT molecular complexity index is 423. The highest BCUT2D eigenvalue weighted by Crippen LogP contribution is 2.23. The molecule has 1 aliphatic rings. The fourth-order valence-corrected chi connectivity index (χ4v) is 2.86. The molecule has 0 aliphatic heterocycles. The SMILES string of the molecule is CCNC(=O)c1cccc(NCC2CCCCCC2)c1. The van der Waals surface area contributed by atoms with Crippen molar-refractivity contribution in [2.75, 3.05) is 18.4 Å². The van der Waals surface area contributed by atoms with Crippen molar-refractivity contribution in [2.45, 2.75) is 45.4 Å². The summed E-state index contributed by atoms with van der Waals surface area (Å²) < 4.78 is 0. The highest BCUT2D eigenvalue weighted by molar-refractivity contribution is 5.95. The van der Waals surface area contributed by atoms with Crippen LogP contribution < -0.4 is 10.6 Å². The van der Waals surface area contributed by atoms with E-state index >= 15 is 0 Å². The third-order valence-corrected chi connectivity index (χ3v) is 4.03. The van der Waals surface area contributed by atoms with Crippen LogP contribution >= 0.6 is 0 Å². The molecular weight excluding hydrogens is 248 g/mol. The molecule has 1 amide bonds. The summed E-state index contributed by atoms with van der Waals surface area (Å²) in [5.41, 5.74) is 1.79. The Morgan fingerprint density at radius 3 is 2.65 bits per heavy atom. The molecule has 2 N–H and O–H groups in total. The average molecular weight is 274 g/mol. The summed E-state index contributed by atoms with van der Waals surface area (Å²) in [7, 11) is 0. The van der Waals surface area contributed by atoms with Gasteiger partial charge in [0.15, 0.2) is 0 Å². The van der Waals surface area contributed by atoms with Gasteiger partial charge in [-0.25, -0.2) is 0 Å². The molecule has 0 radical (unpaired) electrons. The fourth-order valence-electron chi connectivity index (χ4n) is 2.86. The standard InChI is InChI=1S/C17H26N2O/c1-2-18-17(20)15-10-7-11-16(12-15)19-13-14-8-5-3-4-6-9-14/h7,10-12,14,19H,2-6,8-9,13H2,1H3,(H,18,20). The van der Waals surface area contributed by atoms with Gasteiger partial charge in [0.1, 0.15) is 0 Å². The minimum atomic E-state index is 0.00520. The largest absolute Gasteiger partial charge is 0.385 e. The third-order valence-electron chi connectivity index (χ3n) is 4.03. The van der Waals surface area contributed by atoms with Crippen LogP contribution in [-0.2, 0) is 0 Å². The van der Waals surface area contributed by atoms with Gasteiger partial charge in [-0.2, -0.15) is 0 Å². The Morgan fingerprint density at radius 2 is 1.95 bits per heavy atom. The molecule has 20 heavy (non-hydrogen) atoms. The van der Waals surface area contributed by atoms with E-state index in [4.69, 9.17) is 0 Å². The van der Waals surface area contributed by atoms with Gasteiger partial charge in [-0.3, -0.25) is 4.79 Å². The summed E-state index contributed by atoms with van der Waals surface area (Å²) >= 11 is 0. The van der Waals surface area contributed by atoms with Crippen LogP contribution in [0.3, 0.4) is 0 Å². The number of carbonyl (C=O) groups is 1. The summed E-state index contributed by atoms with van der Waals surface area (Å²) in [4.78, 5) is 11.8. The molecule has 110 valence electrons. The highest BCUT2D eigenvalue weighted by Gasteiger charge is 2.12. The van der Waals surface area contributed by atoms with Gasteiger partial charge in [0, 0.05) is 24.3 Å². The minimum Gasteiger partial charge on any atom is -0.385 e. The van der Waals surface area contributed by atoms with Gasteiger partial charge in [-0.1, -0.05) is 31.7 Å². The summed E-state index contributed by atoms with van der Waals surface area (Å²) in [6, 6.07) is 7.79. The van der Waals surface area contributed by atoms with E-state index in [-0.39, 0.29) is 5.91 Å². The van der Waals surface area contributed by atoms with Crippen LogP contribution in [0.4, 0.5) is 5.69 Å². The van der Waals surface area contributed by atoms with Crippen molar-refractivity contribution in [3.8, 4) is 0 Å². The van der Waals surface area contributed by atoms with Gasteiger partial charge in [0.05, 0.1) is 0 Å². The van der Waals surface area contributed by atoms with E-state index in [1.807, 2.05) is 31.2 Å². The molecule has 1 saturated carbocycles. The molecule has 0 spiro atoms. The molecule has 1 aromatic rings. The lowest BCUT2D eigenvalue weighted by molar-refractivity contribution is 0.0956. The molecule has 1 fully saturated rings. The number of amides is 1. The van der Waals surface area contributed by atoms with Gasteiger partial charge in [-0.05, 0) is 43.9 Å². The number of benzene rings is 1. The quantitative estimate of drug-likeness (QED) is 0.801. The summed E-state index contributed by atoms with van der Waals surface area (Å²) in [5.74, 6) is 0.788. The Kier molecular flexibility index (Phi) is 5.90. The van der Waals surface area contributed by atoms with E-state index < -0.39 is 0 Å². The molecule has 3 heteroatoms. The highest BCUT2D eigenvalue weighted by atomic mass is 16.1. The lowest BCUT2D eigenvalue weighted by Crippen LogP contribution is -2.22. The van der Waals surface area contributed by atoms with Crippen molar-refractivity contribution in [2.24, 2.45) is 5.92 Å². The number of anilines is 1. The number of hydrogen-bond acceptors (Lipinski definition) is 2. The maximum atomic E-state index is 11.8. The number of rotatable bonds is 5. The summed E-state index contributed by atoms with van der Waals surface area (Å²) in [6.45, 7) is 3.63. The van der Waals surface area contributed by atoms with Gasteiger partial charge >= 0.3 is 0 Å². The second kappa shape index (κ2) is 7.93. The Labute approximate surface area is 122 Å². The number of carbonyl (C=O) groups excluding carboxylic acids is 1. The lowest BCUT2D eigenvalue weighted by atomic mass is 10.0. The molecule has 0 atom stereocenters. The van der Waals surface area contributed by atoms with Gasteiger partial charge < -0.3 is 10.6 Å². The molecule has 2 rings (SSSR count). The molecule has 0 unspecified atom stereocenters. The van der Waals surface area contributed by atoms with Crippen LogP contribution in [0.5, 0.6) is 0 Å². The second-order valence-corrected chi connectivity index (χ2v) is 5.68. The maximum absolute atomic E-state index is 11.8. The van der Waals surface area contributed by atoms with Crippen LogP contribution in [0.1, 0.15) is 55.8 Å². The van der Waals surface area contributed by atoms with Crippen LogP contribution in [0, 0.1) is 5.92 Å². The summed E-state index contributed by atoms with van der Waals surface area (Å²) in [6.07, 6.45) is 8.19. The van der Waals surface area contributed by atoms with Crippen molar-refractivity contribution in [3.05, 3.63) is 29.8 Å². The molecule has 0 heterocycles. The molecule has 0 bridgehead atoms. The van der Waals surface area contributed by atoms with Crippen LogP contribution in [-0.4, -0.2) is 19.0 Å². The topological polar surface area (TPSA) is 41.1 Å². The van der Waals surface area contributed by atoms with Crippen LogP contribution in [0.15, 0.2) is 24.3 Å². The van der Waals surface area contributed by atoms with Crippen molar-refractivity contribution in [1.29, 1.82) is 0 Å². The molecule has 0 aromatic heterocycles. The fraction of sp³-hybridized carbons (Fsp3) is 0.588. The Balaban J connectivity index is 1.88. The number of hydrogen-bond donors (Lipinski definition) is 2. The van der Waals surface area contributed by atoms with Gasteiger partial charge in [-0.15, -0.1) is 0 Å². The van der Waals surface area contributed by atoms with E-state index in [0.29, 0.717) is 6.54 Å². The van der Waals surface area contributed by atoms with Crippen molar-refractivity contribution in [3.63, 3.8) is 0 Å². The van der Waals surface area contributed by atoms with Crippen LogP contribution in [0.2, 0.25) is 0 Å². The zero-order valence-electron chi connectivity index (χ0n) is 12.5. The predicted molar refractivity (Wildman–Crippen MR) is 84.1 cm³/mol. The predicted octanol–water partition coefficient (Wildman–Crippen LogP) is 3.82. The Hall–Kier alpha value is -1.51. The first-order chi connectivity index (χ1) is 9.79.